The molecule has 0 aliphatic carbocycles. The lowest BCUT2D eigenvalue weighted by Gasteiger charge is -2.21. The second-order valence-corrected chi connectivity index (χ2v) is 6.08. The van der Waals surface area contributed by atoms with E-state index in [0.717, 1.165) is 24.5 Å². The molecule has 7 heteroatoms. The first kappa shape index (κ1) is 19.3. The van der Waals surface area contributed by atoms with Gasteiger partial charge in [0.2, 0.25) is 0 Å². The minimum atomic E-state index is -0.521. The minimum Gasteiger partial charge on any atom is -0.372 e. The van der Waals surface area contributed by atoms with Crippen LogP contribution in [0.15, 0.2) is 60.7 Å². The van der Waals surface area contributed by atoms with Gasteiger partial charge >= 0.3 is 0 Å². The van der Waals surface area contributed by atoms with Gasteiger partial charge in [-0.15, -0.1) is 10.2 Å². The number of nitrogens with one attached hydrogen (secondary N) is 2. The molecular weight excluding hydrogens is 357 g/mol. The molecule has 3 rings (SSSR count). The average Bonchev–Trinajstić information content (AvgIpc) is 2.72. The maximum Gasteiger partial charge on any atom is 0.276 e. The van der Waals surface area contributed by atoms with Crippen LogP contribution in [0.2, 0.25) is 0 Å². The Morgan fingerprint density at radius 3 is 2.29 bits per heavy atom. The number of para-hydroxylation sites is 1. The predicted octanol–water partition coefficient (Wildman–Crippen LogP) is 4.46. The lowest BCUT2D eigenvalue weighted by molar-refractivity contribution is 0.102. The van der Waals surface area contributed by atoms with E-state index in [-0.39, 0.29) is 11.4 Å². The maximum absolute atomic E-state index is 13.6. The van der Waals surface area contributed by atoms with Gasteiger partial charge in [-0.1, -0.05) is 12.1 Å². The van der Waals surface area contributed by atoms with Crippen LogP contribution in [-0.4, -0.2) is 29.2 Å². The van der Waals surface area contributed by atoms with Gasteiger partial charge in [0.25, 0.3) is 5.91 Å². The third kappa shape index (κ3) is 4.62. The summed E-state index contributed by atoms with van der Waals surface area (Å²) in [5.41, 5.74) is 2.23. The van der Waals surface area contributed by atoms with Crippen molar-refractivity contribution >= 4 is 28.8 Å². The van der Waals surface area contributed by atoms with Crippen molar-refractivity contribution in [3.8, 4) is 0 Å². The van der Waals surface area contributed by atoms with Gasteiger partial charge in [-0.25, -0.2) is 4.39 Å². The van der Waals surface area contributed by atoms with Crippen molar-refractivity contribution < 1.29 is 9.18 Å². The number of carbonyl (C=O) groups is 1. The van der Waals surface area contributed by atoms with E-state index in [1.165, 1.54) is 18.2 Å². The Balaban J connectivity index is 1.64. The van der Waals surface area contributed by atoms with Crippen LogP contribution in [-0.2, 0) is 0 Å². The van der Waals surface area contributed by atoms with Crippen molar-refractivity contribution in [3.05, 3.63) is 72.2 Å². The second-order valence-electron chi connectivity index (χ2n) is 6.08. The molecule has 28 heavy (non-hydrogen) atoms. The van der Waals surface area contributed by atoms with Crippen LogP contribution in [0.5, 0.6) is 0 Å². The minimum absolute atomic E-state index is 0.102. The van der Waals surface area contributed by atoms with Crippen molar-refractivity contribution in [3.63, 3.8) is 0 Å². The molecule has 2 N–H and O–H groups in total. The fraction of sp³-hybridized carbons (Fsp3) is 0.190. The Hall–Kier alpha value is -3.48. The van der Waals surface area contributed by atoms with Gasteiger partial charge in [-0.05, 0) is 62.4 Å². The number of carbonyl (C=O) groups excluding carboxylic acids is 1. The highest BCUT2D eigenvalue weighted by atomic mass is 19.1. The lowest BCUT2D eigenvalue weighted by Crippen LogP contribution is -2.21. The summed E-state index contributed by atoms with van der Waals surface area (Å²) in [5, 5.41) is 13.6. The molecule has 0 saturated heterocycles. The molecule has 3 aromatic rings. The zero-order valence-electron chi connectivity index (χ0n) is 15.8. The van der Waals surface area contributed by atoms with E-state index < -0.39 is 11.7 Å². The molecule has 0 aliphatic heterocycles. The topological polar surface area (TPSA) is 70.2 Å². The van der Waals surface area contributed by atoms with Gasteiger partial charge < -0.3 is 15.5 Å². The summed E-state index contributed by atoms with van der Waals surface area (Å²) in [4.78, 5) is 14.4. The van der Waals surface area contributed by atoms with Crippen molar-refractivity contribution in [2.75, 3.05) is 28.6 Å². The molecule has 0 fully saturated rings. The molecule has 0 saturated carbocycles. The highest BCUT2D eigenvalue weighted by Crippen LogP contribution is 2.20. The van der Waals surface area contributed by atoms with Crippen molar-refractivity contribution in [2.45, 2.75) is 13.8 Å². The van der Waals surface area contributed by atoms with E-state index in [1.54, 1.807) is 18.2 Å². The summed E-state index contributed by atoms with van der Waals surface area (Å²) in [7, 11) is 0. The molecule has 0 aliphatic rings. The fourth-order valence-corrected chi connectivity index (χ4v) is 2.76. The number of nitrogens with zero attached hydrogens (tertiary/aromatic N) is 3. The van der Waals surface area contributed by atoms with Crippen LogP contribution in [0.25, 0.3) is 0 Å². The zero-order chi connectivity index (χ0) is 19.9. The Labute approximate surface area is 163 Å². The molecule has 6 nitrogen and oxygen atoms in total. The molecule has 0 unspecified atom stereocenters. The highest BCUT2D eigenvalue weighted by Gasteiger charge is 2.11. The van der Waals surface area contributed by atoms with Gasteiger partial charge in [0.15, 0.2) is 11.5 Å². The summed E-state index contributed by atoms with van der Waals surface area (Å²) in [6.45, 7) is 6.14. The molecule has 0 bridgehead atoms. The number of benzene rings is 2. The van der Waals surface area contributed by atoms with Gasteiger partial charge in [-0.2, -0.15) is 0 Å². The number of anilines is 4. The fourth-order valence-electron chi connectivity index (χ4n) is 2.76. The zero-order valence-corrected chi connectivity index (χ0v) is 15.8. The summed E-state index contributed by atoms with van der Waals surface area (Å²) in [6.07, 6.45) is 0. The summed E-state index contributed by atoms with van der Waals surface area (Å²) in [5.74, 6) is -0.513. The monoisotopic (exact) mass is 379 g/mol. The number of rotatable bonds is 7. The first-order chi connectivity index (χ1) is 13.6. The first-order valence-corrected chi connectivity index (χ1v) is 9.12. The largest absolute Gasteiger partial charge is 0.372 e. The SMILES string of the molecule is CCN(CC)c1ccc(Nc2ccc(C(=O)Nc3ccccc3F)nn2)cc1. The molecule has 0 atom stereocenters. The van der Waals surface area contributed by atoms with Crippen LogP contribution < -0.4 is 15.5 Å². The average molecular weight is 379 g/mol. The molecule has 1 amide bonds. The van der Waals surface area contributed by atoms with E-state index in [1.807, 2.05) is 24.3 Å². The number of hydrogen-bond acceptors (Lipinski definition) is 5. The van der Waals surface area contributed by atoms with Gasteiger partial charge in [0.05, 0.1) is 5.69 Å². The van der Waals surface area contributed by atoms with Crippen molar-refractivity contribution in [1.82, 2.24) is 10.2 Å². The predicted molar refractivity (Wildman–Crippen MR) is 110 cm³/mol. The van der Waals surface area contributed by atoms with Crippen LogP contribution in [0, 0.1) is 5.82 Å². The van der Waals surface area contributed by atoms with E-state index in [4.69, 9.17) is 0 Å². The van der Waals surface area contributed by atoms with Gasteiger partial charge in [0.1, 0.15) is 5.82 Å². The van der Waals surface area contributed by atoms with Gasteiger partial charge in [0, 0.05) is 24.5 Å². The van der Waals surface area contributed by atoms with E-state index in [0.29, 0.717) is 5.82 Å². The molecule has 144 valence electrons. The lowest BCUT2D eigenvalue weighted by atomic mass is 10.2. The Morgan fingerprint density at radius 2 is 1.68 bits per heavy atom. The Bertz CT molecular complexity index is 924. The van der Waals surface area contributed by atoms with Crippen LogP contribution in [0.3, 0.4) is 0 Å². The highest BCUT2D eigenvalue weighted by molar-refractivity contribution is 6.02. The number of halogens is 1. The van der Waals surface area contributed by atoms with Gasteiger partial charge in [-0.3, -0.25) is 4.79 Å². The summed E-state index contributed by atoms with van der Waals surface area (Å²) in [6, 6.07) is 17.2. The number of aromatic nitrogens is 2. The van der Waals surface area contributed by atoms with E-state index in [2.05, 4.69) is 39.6 Å². The molecule has 1 aromatic heterocycles. The second kappa shape index (κ2) is 8.94. The Morgan fingerprint density at radius 1 is 0.964 bits per heavy atom. The van der Waals surface area contributed by atoms with Crippen LogP contribution >= 0.6 is 0 Å². The van der Waals surface area contributed by atoms with E-state index in [9.17, 15) is 9.18 Å². The smallest absolute Gasteiger partial charge is 0.276 e. The molecule has 1 heterocycles. The summed E-state index contributed by atoms with van der Waals surface area (Å²) < 4.78 is 13.6. The van der Waals surface area contributed by atoms with Crippen LogP contribution in [0.1, 0.15) is 24.3 Å². The number of amides is 1. The van der Waals surface area contributed by atoms with Crippen LogP contribution in [0.4, 0.5) is 27.3 Å². The third-order valence-corrected chi connectivity index (χ3v) is 4.29. The molecule has 0 spiro atoms. The first-order valence-electron chi connectivity index (χ1n) is 9.12. The standard InChI is InChI=1S/C21H22FN5O/c1-3-27(4-2)16-11-9-15(10-12-16)23-20-14-13-19(25-26-20)21(28)24-18-8-6-5-7-17(18)22/h5-14H,3-4H2,1-2H3,(H,23,26)(H,24,28). The molecule has 0 radical (unpaired) electrons. The quantitative estimate of drug-likeness (QED) is 0.634. The van der Waals surface area contributed by atoms with Crippen molar-refractivity contribution in [2.24, 2.45) is 0 Å². The van der Waals surface area contributed by atoms with E-state index >= 15 is 0 Å². The molecular formula is C21H22FN5O. The normalized spacial score (nSPS) is 10.4. The van der Waals surface area contributed by atoms with Crippen molar-refractivity contribution in [1.29, 1.82) is 0 Å². The maximum atomic E-state index is 13.6. The molecule has 2 aromatic carbocycles. The third-order valence-electron chi connectivity index (χ3n) is 4.29. The summed E-state index contributed by atoms with van der Waals surface area (Å²) >= 11 is 0. The number of hydrogen-bond donors (Lipinski definition) is 2. The Kier molecular flexibility index (Phi) is 6.16.